The van der Waals surface area contributed by atoms with Crippen molar-refractivity contribution < 1.29 is 4.79 Å². The minimum absolute atomic E-state index is 0.0417. The Bertz CT molecular complexity index is 346. The minimum Gasteiger partial charge on any atom is -0.368 e. The van der Waals surface area contributed by atoms with E-state index in [0.717, 1.165) is 6.08 Å². The van der Waals surface area contributed by atoms with Gasteiger partial charge in [0.2, 0.25) is 23.8 Å². The summed E-state index contributed by atoms with van der Waals surface area (Å²) >= 11 is 0. The van der Waals surface area contributed by atoms with E-state index < -0.39 is 5.91 Å². The summed E-state index contributed by atoms with van der Waals surface area (Å²) < 4.78 is 0. The van der Waals surface area contributed by atoms with Crippen LogP contribution in [0.4, 0.5) is 17.8 Å². The Morgan fingerprint density at radius 2 is 1.47 bits per heavy atom. The molecule has 0 saturated carbocycles. The van der Waals surface area contributed by atoms with E-state index in [1.807, 2.05) is 0 Å². The van der Waals surface area contributed by atoms with Crippen molar-refractivity contribution in [3.63, 3.8) is 0 Å². The van der Waals surface area contributed by atoms with Crippen molar-refractivity contribution in [2.24, 2.45) is 5.73 Å². The van der Waals surface area contributed by atoms with Crippen LogP contribution in [0.5, 0.6) is 0 Å². The normalized spacial score (nSPS) is 8.00. The summed E-state index contributed by atoms with van der Waals surface area (Å²) in [6.07, 6.45) is 1.07. The smallest absolute Gasteiger partial charge is 0.249 e. The second-order valence-corrected chi connectivity index (χ2v) is 2.16. The lowest BCUT2D eigenvalue weighted by Gasteiger charge is -1.93. The highest BCUT2D eigenvalue weighted by molar-refractivity contribution is 5.85. The maximum Gasteiger partial charge on any atom is 0.249 e. The molecule has 15 heavy (non-hydrogen) atoms. The van der Waals surface area contributed by atoms with Gasteiger partial charge >= 0.3 is 0 Å². The van der Waals surface area contributed by atoms with Crippen molar-refractivity contribution >= 4 is 23.8 Å². The van der Waals surface area contributed by atoms with Crippen LogP contribution in [0.15, 0.2) is 18.4 Å². The zero-order chi connectivity index (χ0) is 11.8. The van der Waals surface area contributed by atoms with Gasteiger partial charge < -0.3 is 22.9 Å². The first-order chi connectivity index (χ1) is 6.95. The summed E-state index contributed by atoms with van der Waals surface area (Å²) in [6, 6.07) is 0. The van der Waals surface area contributed by atoms with Crippen LogP contribution in [0.3, 0.4) is 0 Å². The Morgan fingerprint density at radius 1 is 1.13 bits per heavy atom. The molecule has 8 nitrogen and oxygen atoms in total. The van der Waals surface area contributed by atoms with Crippen molar-refractivity contribution in [3.05, 3.63) is 18.4 Å². The Morgan fingerprint density at radius 3 is 1.60 bits per heavy atom. The highest BCUT2D eigenvalue weighted by Crippen LogP contribution is 1.97. The second-order valence-electron chi connectivity index (χ2n) is 2.16. The predicted molar refractivity (Wildman–Crippen MR) is 56.0 cm³/mol. The van der Waals surface area contributed by atoms with Gasteiger partial charge in [-0.2, -0.15) is 15.0 Å². The largest absolute Gasteiger partial charge is 0.368 e. The third-order valence-electron chi connectivity index (χ3n) is 0.932. The molecule has 0 aromatic carbocycles. The predicted octanol–water partition coefficient (Wildman–Crippen LogP) is -1.57. The van der Waals surface area contributed by atoms with Crippen LogP contribution in [0.1, 0.15) is 0 Å². The van der Waals surface area contributed by atoms with Crippen molar-refractivity contribution in [2.45, 2.75) is 0 Å². The lowest BCUT2D eigenvalue weighted by molar-refractivity contribution is -0.113. The van der Waals surface area contributed by atoms with Crippen molar-refractivity contribution in [3.8, 4) is 0 Å². The maximum absolute atomic E-state index is 9.66. The summed E-state index contributed by atoms with van der Waals surface area (Å²) in [7, 11) is 0. The van der Waals surface area contributed by atoms with Gasteiger partial charge in [0.25, 0.3) is 0 Å². The monoisotopic (exact) mass is 209 g/mol. The summed E-state index contributed by atoms with van der Waals surface area (Å²) in [6.45, 7) is 3.12. The molecule has 1 aromatic rings. The average Bonchev–Trinajstić information content (AvgIpc) is 2.00. The summed E-state index contributed by atoms with van der Waals surface area (Å²) in [5, 5.41) is 0. The Hall–Kier alpha value is -2.60. The third-order valence-corrected chi connectivity index (χ3v) is 0.932. The molecule has 0 spiro atoms. The standard InChI is InChI=1S/C4H5NO.C3H6N6/c1-2-3-4(5)6;4-1-7-2(5)9-3(6)8-1/h3H,1H2,(H2,5,6);(H6,4,5,6,7,8,9). The number of nitrogen functional groups attached to an aromatic ring is 3. The lowest BCUT2D eigenvalue weighted by atomic mass is 10.6. The molecule has 8 heteroatoms. The molecule has 0 aliphatic carbocycles. The number of carbonyl (C=O) groups is 1. The number of nitrogens with zero attached hydrogens (tertiary/aromatic N) is 3. The van der Waals surface area contributed by atoms with Crippen LogP contribution >= 0.6 is 0 Å². The van der Waals surface area contributed by atoms with Crippen LogP contribution < -0.4 is 22.9 Å². The van der Waals surface area contributed by atoms with E-state index in [0.29, 0.717) is 0 Å². The van der Waals surface area contributed by atoms with Gasteiger partial charge in [-0.1, -0.05) is 6.58 Å². The van der Waals surface area contributed by atoms with Gasteiger partial charge in [-0.15, -0.1) is 5.73 Å². The molecular weight excluding hydrogens is 198 g/mol. The fraction of sp³-hybridized carbons (Fsp3) is 0. The fourth-order valence-corrected chi connectivity index (χ4v) is 0.528. The number of anilines is 3. The molecule has 0 bridgehead atoms. The molecule has 1 amide bonds. The molecule has 1 rings (SSSR count). The van der Waals surface area contributed by atoms with E-state index in [-0.39, 0.29) is 17.8 Å². The highest BCUT2D eigenvalue weighted by atomic mass is 16.1. The van der Waals surface area contributed by atoms with Crippen LogP contribution in [-0.2, 0) is 4.79 Å². The first-order valence-corrected chi connectivity index (χ1v) is 3.63. The topological polar surface area (TPSA) is 160 Å². The van der Waals surface area contributed by atoms with Gasteiger partial charge in [0.1, 0.15) is 0 Å². The molecule has 1 heterocycles. The molecular formula is C7H11N7O. The summed E-state index contributed by atoms with van der Waals surface area (Å²) in [5.41, 5.74) is 22.2. The molecule has 0 fully saturated rings. The highest BCUT2D eigenvalue weighted by Gasteiger charge is 1.93. The minimum atomic E-state index is -0.509. The Labute approximate surface area is 85.7 Å². The SMILES string of the molecule is C=C=CC(N)=O.Nc1nc(N)nc(N)n1. The summed E-state index contributed by atoms with van der Waals surface area (Å²) in [5.74, 6) is -0.384. The average molecular weight is 209 g/mol. The van der Waals surface area contributed by atoms with E-state index in [2.05, 4.69) is 33.0 Å². The van der Waals surface area contributed by atoms with E-state index >= 15 is 0 Å². The first-order valence-electron chi connectivity index (χ1n) is 3.63. The number of hydrogen-bond acceptors (Lipinski definition) is 7. The van der Waals surface area contributed by atoms with Crippen LogP contribution in [0, 0.1) is 0 Å². The van der Waals surface area contributed by atoms with Crippen molar-refractivity contribution in [2.75, 3.05) is 17.2 Å². The van der Waals surface area contributed by atoms with E-state index in [9.17, 15) is 4.79 Å². The molecule has 0 atom stereocenters. The van der Waals surface area contributed by atoms with Crippen molar-refractivity contribution in [1.29, 1.82) is 0 Å². The van der Waals surface area contributed by atoms with Gasteiger partial charge in [0.15, 0.2) is 0 Å². The molecule has 0 aliphatic heterocycles. The van der Waals surface area contributed by atoms with E-state index in [1.165, 1.54) is 0 Å². The quantitative estimate of drug-likeness (QED) is 0.321. The number of aromatic nitrogens is 3. The van der Waals surface area contributed by atoms with Gasteiger partial charge in [0.05, 0.1) is 0 Å². The van der Waals surface area contributed by atoms with E-state index in [1.54, 1.807) is 0 Å². The van der Waals surface area contributed by atoms with E-state index in [4.69, 9.17) is 17.2 Å². The molecule has 0 saturated heterocycles. The Kier molecular flexibility index (Phi) is 4.92. The molecule has 1 aromatic heterocycles. The molecule has 0 radical (unpaired) electrons. The number of carbonyl (C=O) groups excluding carboxylic acids is 1. The van der Waals surface area contributed by atoms with Gasteiger partial charge in [-0.25, -0.2) is 0 Å². The van der Waals surface area contributed by atoms with Gasteiger partial charge in [0, 0.05) is 6.08 Å². The zero-order valence-corrected chi connectivity index (χ0v) is 7.84. The first kappa shape index (κ1) is 12.4. The lowest BCUT2D eigenvalue weighted by Crippen LogP contribution is -2.05. The van der Waals surface area contributed by atoms with Crippen LogP contribution in [-0.4, -0.2) is 20.9 Å². The number of primary amides is 1. The van der Waals surface area contributed by atoms with Crippen molar-refractivity contribution in [1.82, 2.24) is 15.0 Å². The molecule has 0 unspecified atom stereocenters. The molecule has 8 N–H and O–H groups in total. The summed E-state index contributed by atoms with van der Waals surface area (Å²) in [4.78, 5) is 20.1. The maximum atomic E-state index is 9.66. The van der Waals surface area contributed by atoms with Gasteiger partial charge in [-0.05, 0) is 0 Å². The number of hydrogen-bond donors (Lipinski definition) is 4. The Balaban J connectivity index is 0.000000288. The number of nitrogens with two attached hydrogens (primary N) is 4. The fourth-order valence-electron chi connectivity index (χ4n) is 0.528. The molecule has 80 valence electrons. The second kappa shape index (κ2) is 5.95. The van der Waals surface area contributed by atoms with Crippen LogP contribution in [0.2, 0.25) is 0 Å². The number of amides is 1. The van der Waals surface area contributed by atoms with Gasteiger partial charge in [-0.3, -0.25) is 4.79 Å². The zero-order valence-electron chi connectivity index (χ0n) is 7.84. The number of rotatable bonds is 1. The molecule has 0 aliphatic rings. The third kappa shape index (κ3) is 6.55. The van der Waals surface area contributed by atoms with Crippen LogP contribution in [0.25, 0.3) is 0 Å².